The van der Waals surface area contributed by atoms with Gasteiger partial charge in [-0.3, -0.25) is 19.3 Å². The van der Waals surface area contributed by atoms with Crippen molar-refractivity contribution >= 4 is 23.4 Å². The molecular weight excluding hydrogens is 328 g/mol. The molecule has 1 N–H and O–H groups in total. The van der Waals surface area contributed by atoms with E-state index in [1.54, 1.807) is 24.3 Å². The first-order chi connectivity index (χ1) is 12.5. The van der Waals surface area contributed by atoms with Crippen LogP contribution in [0.4, 0.5) is 5.69 Å². The monoisotopic (exact) mass is 350 g/mol. The van der Waals surface area contributed by atoms with Crippen molar-refractivity contribution < 1.29 is 14.4 Å². The summed E-state index contributed by atoms with van der Waals surface area (Å²) < 4.78 is 0. The van der Waals surface area contributed by atoms with E-state index in [0.717, 1.165) is 11.3 Å². The SMILES string of the molecule is CC(C)c1cccc(NC(=O)CCCN2C(=O)c3ccccc3C2=O)c1. The van der Waals surface area contributed by atoms with Gasteiger partial charge in [0.05, 0.1) is 11.1 Å². The third-order valence-electron chi connectivity index (χ3n) is 4.50. The van der Waals surface area contributed by atoms with Crippen LogP contribution in [0.15, 0.2) is 48.5 Å². The van der Waals surface area contributed by atoms with E-state index in [1.807, 2.05) is 24.3 Å². The number of rotatable bonds is 6. The van der Waals surface area contributed by atoms with Gasteiger partial charge in [-0.25, -0.2) is 0 Å². The average Bonchev–Trinajstić information content (AvgIpc) is 2.87. The third kappa shape index (κ3) is 3.67. The van der Waals surface area contributed by atoms with Crippen molar-refractivity contribution in [3.63, 3.8) is 0 Å². The van der Waals surface area contributed by atoms with E-state index in [-0.39, 0.29) is 30.7 Å². The number of imide groups is 1. The summed E-state index contributed by atoms with van der Waals surface area (Å²) in [5.74, 6) is -0.297. The van der Waals surface area contributed by atoms with Gasteiger partial charge in [-0.2, -0.15) is 0 Å². The molecule has 0 spiro atoms. The summed E-state index contributed by atoms with van der Waals surface area (Å²) in [5, 5.41) is 2.87. The van der Waals surface area contributed by atoms with E-state index in [9.17, 15) is 14.4 Å². The molecule has 3 amide bonds. The number of carbonyl (C=O) groups is 3. The minimum atomic E-state index is -0.282. The maximum absolute atomic E-state index is 12.3. The molecule has 0 aromatic heterocycles. The van der Waals surface area contributed by atoms with E-state index in [0.29, 0.717) is 23.5 Å². The Hall–Kier alpha value is -2.95. The van der Waals surface area contributed by atoms with Crippen LogP contribution < -0.4 is 5.32 Å². The minimum Gasteiger partial charge on any atom is -0.326 e. The van der Waals surface area contributed by atoms with Crippen molar-refractivity contribution in [2.45, 2.75) is 32.6 Å². The second-order valence-corrected chi connectivity index (χ2v) is 6.74. The largest absolute Gasteiger partial charge is 0.326 e. The lowest BCUT2D eigenvalue weighted by atomic mass is 10.0. The Morgan fingerprint density at radius 2 is 1.65 bits per heavy atom. The summed E-state index contributed by atoms with van der Waals surface area (Å²) in [7, 11) is 0. The normalized spacial score (nSPS) is 13.3. The van der Waals surface area contributed by atoms with Crippen LogP contribution in [0.25, 0.3) is 0 Å². The first-order valence-corrected chi connectivity index (χ1v) is 8.82. The molecule has 1 aliphatic heterocycles. The van der Waals surface area contributed by atoms with Crippen molar-refractivity contribution in [2.24, 2.45) is 0 Å². The van der Waals surface area contributed by atoms with Gasteiger partial charge >= 0.3 is 0 Å². The summed E-state index contributed by atoms with van der Waals surface area (Å²) in [6.07, 6.45) is 0.681. The Kier molecular flexibility index (Phi) is 5.16. The van der Waals surface area contributed by atoms with Crippen LogP contribution >= 0.6 is 0 Å². The van der Waals surface area contributed by atoms with Crippen LogP contribution in [-0.4, -0.2) is 29.2 Å². The molecule has 5 heteroatoms. The van der Waals surface area contributed by atoms with Crippen LogP contribution in [0.5, 0.6) is 0 Å². The number of anilines is 1. The van der Waals surface area contributed by atoms with Crippen molar-refractivity contribution in [1.82, 2.24) is 4.90 Å². The minimum absolute atomic E-state index is 0.123. The highest BCUT2D eigenvalue weighted by Crippen LogP contribution is 2.23. The molecule has 0 bridgehead atoms. The fourth-order valence-electron chi connectivity index (χ4n) is 3.04. The summed E-state index contributed by atoms with van der Waals surface area (Å²) >= 11 is 0. The van der Waals surface area contributed by atoms with Crippen LogP contribution in [0.3, 0.4) is 0 Å². The van der Waals surface area contributed by atoms with Gasteiger partial charge in [0.2, 0.25) is 5.91 Å². The van der Waals surface area contributed by atoms with Gasteiger partial charge in [-0.15, -0.1) is 0 Å². The van der Waals surface area contributed by atoms with Crippen molar-refractivity contribution in [2.75, 3.05) is 11.9 Å². The van der Waals surface area contributed by atoms with E-state index in [2.05, 4.69) is 19.2 Å². The summed E-state index contributed by atoms with van der Waals surface area (Å²) in [4.78, 5) is 37.9. The standard InChI is InChI=1S/C21H22N2O3/c1-14(2)15-7-5-8-16(13-15)22-19(24)11-6-12-23-20(25)17-9-3-4-10-18(17)21(23)26/h3-5,7-10,13-14H,6,11-12H2,1-2H3,(H,22,24). The molecule has 2 aromatic carbocycles. The maximum Gasteiger partial charge on any atom is 0.261 e. The molecule has 134 valence electrons. The van der Waals surface area contributed by atoms with Gasteiger partial charge in [-0.1, -0.05) is 38.1 Å². The highest BCUT2D eigenvalue weighted by molar-refractivity contribution is 6.21. The molecule has 0 aliphatic carbocycles. The fourth-order valence-corrected chi connectivity index (χ4v) is 3.04. The molecule has 1 aliphatic rings. The number of hydrogen-bond acceptors (Lipinski definition) is 3. The summed E-state index contributed by atoms with van der Waals surface area (Å²) in [6.45, 7) is 4.44. The first kappa shape index (κ1) is 17.9. The van der Waals surface area contributed by atoms with E-state index in [4.69, 9.17) is 0 Å². The Balaban J connectivity index is 1.53. The molecule has 0 saturated carbocycles. The second-order valence-electron chi connectivity index (χ2n) is 6.74. The zero-order chi connectivity index (χ0) is 18.7. The summed E-state index contributed by atoms with van der Waals surface area (Å²) in [5.41, 5.74) is 2.80. The molecule has 0 fully saturated rings. The van der Waals surface area contributed by atoms with Crippen LogP contribution in [0.2, 0.25) is 0 Å². The molecule has 0 atom stereocenters. The zero-order valence-electron chi connectivity index (χ0n) is 15.0. The van der Waals surface area contributed by atoms with E-state index < -0.39 is 0 Å². The molecule has 0 saturated heterocycles. The third-order valence-corrected chi connectivity index (χ3v) is 4.50. The summed E-state index contributed by atoms with van der Waals surface area (Å²) in [6, 6.07) is 14.6. The van der Waals surface area contributed by atoms with Gasteiger partial charge in [-0.05, 0) is 42.2 Å². The van der Waals surface area contributed by atoms with Crippen LogP contribution in [0, 0.1) is 0 Å². The number of nitrogens with one attached hydrogen (secondary N) is 1. The lowest BCUT2D eigenvalue weighted by Crippen LogP contribution is -2.31. The maximum atomic E-state index is 12.3. The van der Waals surface area contributed by atoms with Gasteiger partial charge in [0.25, 0.3) is 11.8 Å². The predicted molar refractivity (Wildman–Crippen MR) is 100 cm³/mol. The Labute approximate surface area is 153 Å². The van der Waals surface area contributed by atoms with Crippen molar-refractivity contribution in [1.29, 1.82) is 0 Å². The number of nitrogens with zero attached hydrogens (tertiary/aromatic N) is 1. The van der Waals surface area contributed by atoms with Gasteiger partial charge in [0.15, 0.2) is 0 Å². The molecule has 0 radical (unpaired) electrons. The lowest BCUT2D eigenvalue weighted by Gasteiger charge is -2.14. The first-order valence-electron chi connectivity index (χ1n) is 8.82. The van der Waals surface area contributed by atoms with Gasteiger partial charge in [0.1, 0.15) is 0 Å². The van der Waals surface area contributed by atoms with Gasteiger partial charge in [0, 0.05) is 18.7 Å². The van der Waals surface area contributed by atoms with E-state index in [1.165, 1.54) is 4.90 Å². The molecule has 26 heavy (non-hydrogen) atoms. The number of amides is 3. The predicted octanol–water partition coefficient (Wildman–Crippen LogP) is 3.82. The molecule has 0 unspecified atom stereocenters. The van der Waals surface area contributed by atoms with Crippen molar-refractivity contribution in [3.8, 4) is 0 Å². The van der Waals surface area contributed by atoms with Crippen molar-refractivity contribution in [3.05, 3.63) is 65.2 Å². The quantitative estimate of drug-likeness (QED) is 0.805. The number of benzene rings is 2. The number of fused-ring (bicyclic) bond motifs is 1. The van der Waals surface area contributed by atoms with E-state index >= 15 is 0 Å². The lowest BCUT2D eigenvalue weighted by molar-refractivity contribution is -0.116. The molecule has 5 nitrogen and oxygen atoms in total. The smallest absolute Gasteiger partial charge is 0.261 e. The molecule has 3 rings (SSSR count). The van der Waals surface area contributed by atoms with Gasteiger partial charge < -0.3 is 5.32 Å². The topological polar surface area (TPSA) is 66.5 Å². The number of carbonyl (C=O) groups excluding carboxylic acids is 3. The highest BCUT2D eigenvalue weighted by atomic mass is 16.2. The number of hydrogen-bond donors (Lipinski definition) is 1. The molecule has 1 heterocycles. The van der Waals surface area contributed by atoms with Crippen LogP contribution in [-0.2, 0) is 4.79 Å². The highest BCUT2D eigenvalue weighted by Gasteiger charge is 2.34. The second kappa shape index (κ2) is 7.52. The Morgan fingerprint density at radius 1 is 1.00 bits per heavy atom. The Bertz CT molecular complexity index is 823. The molecular formula is C21H22N2O3. The fraction of sp³-hybridized carbons (Fsp3) is 0.286. The average molecular weight is 350 g/mol. The molecule has 2 aromatic rings. The Morgan fingerprint density at radius 3 is 2.27 bits per heavy atom. The van der Waals surface area contributed by atoms with Crippen LogP contribution in [0.1, 0.15) is 58.9 Å². The zero-order valence-corrected chi connectivity index (χ0v) is 15.0.